The molecule has 0 aliphatic heterocycles. The minimum absolute atomic E-state index is 0.0789. The van der Waals surface area contributed by atoms with Gasteiger partial charge in [0.05, 0.1) is 4.90 Å². The van der Waals surface area contributed by atoms with Crippen LogP contribution in [-0.4, -0.2) is 25.8 Å². The molecule has 1 aromatic rings. The zero-order chi connectivity index (χ0) is 17.3. The zero-order valence-electron chi connectivity index (χ0n) is 12.4. The average molecular weight is 328 g/mol. The molecule has 0 bridgehead atoms. The van der Waals surface area contributed by atoms with Crippen molar-refractivity contribution in [3.05, 3.63) is 61.3 Å². The van der Waals surface area contributed by atoms with Crippen LogP contribution in [0.2, 0.25) is 0 Å². The van der Waals surface area contributed by atoms with Gasteiger partial charge in [0.25, 0.3) is 0 Å². The van der Waals surface area contributed by atoms with Crippen molar-refractivity contribution in [2.75, 3.05) is 18.4 Å². The summed E-state index contributed by atoms with van der Waals surface area (Å²) in [5.74, 6) is 0. The van der Waals surface area contributed by atoms with Crippen LogP contribution in [0.1, 0.15) is 0 Å². The van der Waals surface area contributed by atoms with Crippen LogP contribution in [0.3, 0.4) is 0 Å². The van der Waals surface area contributed by atoms with E-state index < -0.39 is 10.0 Å². The van der Waals surface area contributed by atoms with Crippen molar-refractivity contribution in [2.24, 2.45) is 0 Å². The highest BCUT2D eigenvalue weighted by molar-refractivity contribution is 7.89. The Hall–Kier alpha value is -2.87. The van der Waals surface area contributed by atoms with E-state index in [0.717, 1.165) is 0 Å². The van der Waals surface area contributed by atoms with Gasteiger partial charge in [-0.3, -0.25) is 0 Å². The first-order chi connectivity index (χ1) is 11.0. The van der Waals surface area contributed by atoms with Crippen LogP contribution in [0, 0.1) is 22.7 Å². The summed E-state index contributed by atoms with van der Waals surface area (Å²) in [6.07, 6.45) is 4.27. The second kappa shape index (κ2) is 8.54. The molecule has 0 aliphatic rings. The lowest BCUT2D eigenvalue weighted by atomic mass is 10.3. The number of allylic oxidation sites excluding steroid dienone is 1. The van der Waals surface area contributed by atoms with Crippen molar-refractivity contribution in [2.45, 2.75) is 4.90 Å². The second-order valence-corrected chi connectivity index (χ2v) is 6.29. The second-order valence-electron chi connectivity index (χ2n) is 4.35. The highest BCUT2D eigenvalue weighted by atomic mass is 32.2. The number of nitrogens with zero attached hydrogens (tertiary/aromatic N) is 3. The van der Waals surface area contributed by atoms with Crippen molar-refractivity contribution < 1.29 is 8.42 Å². The molecule has 118 valence electrons. The third-order valence-electron chi connectivity index (χ3n) is 2.78. The number of anilines is 1. The van der Waals surface area contributed by atoms with E-state index in [1.165, 1.54) is 34.8 Å². The monoisotopic (exact) mass is 328 g/mol. The Morgan fingerprint density at radius 1 is 1.13 bits per heavy atom. The van der Waals surface area contributed by atoms with Crippen LogP contribution in [0.5, 0.6) is 0 Å². The van der Waals surface area contributed by atoms with Crippen molar-refractivity contribution in [3.8, 4) is 12.1 Å². The molecule has 0 unspecified atom stereocenters. The highest BCUT2D eigenvalue weighted by Crippen LogP contribution is 2.18. The van der Waals surface area contributed by atoms with Gasteiger partial charge in [-0.15, -0.1) is 13.2 Å². The van der Waals surface area contributed by atoms with Crippen LogP contribution in [0.4, 0.5) is 5.69 Å². The largest absolute Gasteiger partial charge is 0.360 e. The van der Waals surface area contributed by atoms with Crippen molar-refractivity contribution in [3.63, 3.8) is 0 Å². The van der Waals surface area contributed by atoms with Gasteiger partial charge in [0.2, 0.25) is 10.0 Å². The molecule has 0 spiro atoms. The number of nitriles is 2. The van der Waals surface area contributed by atoms with E-state index in [1.54, 1.807) is 24.3 Å². The first-order valence-electron chi connectivity index (χ1n) is 6.58. The Labute approximate surface area is 136 Å². The van der Waals surface area contributed by atoms with Gasteiger partial charge in [-0.1, -0.05) is 12.2 Å². The molecule has 7 heteroatoms. The molecule has 1 N–H and O–H groups in total. The summed E-state index contributed by atoms with van der Waals surface area (Å²) < 4.78 is 26.2. The average Bonchev–Trinajstić information content (AvgIpc) is 2.56. The minimum atomic E-state index is -3.64. The van der Waals surface area contributed by atoms with Crippen molar-refractivity contribution in [1.82, 2.24) is 4.31 Å². The van der Waals surface area contributed by atoms with Gasteiger partial charge in [-0.05, 0) is 24.3 Å². The van der Waals surface area contributed by atoms with E-state index in [1.807, 2.05) is 0 Å². The maximum Gasteiger partial charge on any atom is 0.243 e. The number of nitrogens with one attached hydrogen (secondary N) is 1. The van der Waals surface area contributed by atoms with Crippen LogP contribution in [-0.2, 0) is 10.0 Å². The van der Waals surface area contributed by atoms with E-state index in [2.05, 4.69) is 18.5 Å². The van der Waals surface area contributed by atoms with Gasteiger partial charge in [0.1, 0.15) is 17.7 Å². The number of benzene rings is 1. The molecular formula is C16H16N4O2S. The standard InChI is InChI=1S/C16H16N4O2S/c1-3-9-20(10-4-2)23(21,22)16-7-5-15(6-8-16)19-13-14(11-17)12-18/h3-8,13,19H,1-2,9-10H2. The number of hydrogen-bond donors (Lipinski definition) is 1. The quantitative estimate of drug-likeness (QED) is 0.584. The Kier molecular flexibility index (Phi) is 6.75. The molecule has 1 rings (SSSR count). The van der Waals surface area contributed by atoms with Gasteiger partial charge in [0.15, 0.2) is 0 Å². The molecule has 1 aromatic carbocycles. The Balaban J connectivity index is 3.01. The third-order valence-corrected chi connectivity index (χ3v) is 4.63. The van der Waals surface area contributed by atoms with Crippen molar-refractivity contribution >= 4 is 15.7 Å². The molecule has 0 radical (unpaired) electrons. The Bertz CT molecular complexity index is 755. The van der Waals surface area contributed by atoms with Gasteiger partial charge in [0, 0.05) is 25.0 Å². The van der Waals surface area contributed by atoms with Crippen LogP contribution < -0.4 is 5.32 Å². The predicted molar refractivity (Wildman–Crippen MR) is 88.5 cm³/mol. The van der Waals surface area contributed by atoms with Crippen LogP contribution >= 0.6 is 0 Å². The van der Waals surface area contributed by atoms with Gasteiger partial charge >= 0.3 is 0 Å². The maximum absolute atomic E-state index is 12.5. The molecular weight excluding hydrogens is 312 g/mol. The fourth-order valence-corrected chi connectivity index (χ4v) is 3.06. The minimum Gasteiger partial charge on any atom is -0.360 e. The molecule has 0 fully saturated rings. The summed E-state index contributed by atoms with van der Waals surface area (Å²) in [6.45, 7) is 7.47. The summed E-state index contributed by atoms with van der Waals surface area (Å²) in [5.41, 5.74) is 0.482. The molecule has 0 amide bonds. The molecule has 0 aliphatic carbocycles. The lowest BCUT2D eigenvalue weighted by molar-refractivity contribution is 0.474. The first-order valence-corrected chi connectivity index (χ1v) is 8.02. The molecule has 0 aromatic heterocycles. The summed E-state index contributed by atoms with van der Waals surface area (Å²) in [5, 5.41) is 20.0. The summed E-state index contributed by atoms with van der Waals surface area (Å²) in [4.78, 5) is 0.136. The fraction of sp³-hybridized carbons (Fsp3) is 0.125. The van der Waals surface area contributed by atoms with Gasteiger partial charge in [-0.25, -0.2) is 8.42 Å². The summed E-state index contributed by atoms with van der Waals surface area (Å²) >= 11 is 0. The summed E-state index contributed by atoms with van der Waals surface area (Å²) in [6, 6.07) is 9.43. The van der Waals surface area contributed by atoms with Gasteiger partial charge in [-0.2, -0.15) is 14.8 Å². The van der Waals surface area contributed by atoms with Gasteiger partial charge < -0.3 is 5.32 Å². The van der Waals surface area contributed by atoms with E-state index in [9.17, 15) is 8.42 Å². The number of hydrogen-bond acceptors (Lipinski definition) is 5. The Morgan fingerprint density at radius 2 is 1.65 bits per heavy atom. The maximum atomic E-state index is 12.5. The number of rotatable bonds is 8. The molecule has 6 nitrogen and oxygen atoms in total. The van der Waals surface area contributed by atoms with Crippen LogP contribution in [0.15, 0.2) is 66.2 Å². The smallest absolute Gasteiger partial charge is 0.243 e. The third kappa shape index (κ3) is 4.82. The topological polar surface area (TPSA) is 97.0 Å². The van der Waals surface area contributed by atoms with E-state index in [-0.39, 0.29) is 23.6 Å². The SMILES string of the molecule is C=CCN(CC=C)S(=O)(=O)c1ccc(NC=C(C#N)C#N)cc1. The Morgan fingerprint density at radius 3 is 2.09 bits per heavy atom. The van der Waals surface area contributed by atoms with Crippen molar-refractivity contribution in [1.29, 1.82) is 10.5 Å². The number of sulfonamides is 1. The normalized spacial score (nSPS) is 10.2. The molecule has 0 atom stereocenters. The molecule has 0 heterocycles. The zero-order valence-corrected chi connectivity index (χ0v) is 13.3. The summed E-state index contributed by atoms with van der Waals surface area (Å²) in [7, 11) is -3.64. The van der Waals surface area contributed by atoms with E-state index in [0.29, 0.717) is 5.69 Å². The first kappa shape index (κ1) is 18.2. The fourth-order valence-electron chi connectivity index (χ4n) is 1.68. The highest BCUT2D eigenvalue weighted by Gasteiger charge is 2.22. The van der Waals surface area contributed by atoms with E-state index >= 15 is 0 Å². The van der Waals surface area contributed by atoms with Crippen LogP contribution in [0.25, 0.3) is 0 Å². The molecule has 0 saturated carbocycles. The van der Waals surface area contributed by atoms with E-state index in [4.69, 9.17) is 10.5 Å². The lowest BCUT2D eigenvalue weighted by Gasteiger charge is -2.19. The lowest BCUT2D eigenvalue weighted by Crippen LogP contribution is -2.31. The molecule has 0 saturated heterocycles. The predicted octanol–water partition coefficient (Wildman–Crippen LogP) is 2.39. The molecule has 23 heavy (non-hydrogen) atoms.